The molecule has 0 aliphatic rings. The molecule has 0 aliphatic heterocycles. The topological polar surface area (TPSA) is 97.0 Å². The normalized spacial score (nSPS) is 12.5. The lowest BCUT2D eigenvalue weighted by Crippen LogP contribution is -2.51. The van der Waals surface area contributed by atoms with E-state index in [1.165, 1.54) is 0 Å². The minimum atomic E-state index is -1.16. The number of amides is 3. The van der Waals surface area contributed by atoms with Crippen molar-refractivity contribution >= 4 is 36.2 Å². The van der Waals surface area contributed by atoms with Gasteiger partial charge in [-0.1, -0.05) is 36.8 Å². The molecule has 2 atom stereocenters. The molecule has 0 fully saturated rings. The van der Waals surface area contributed by atoms with Crippen molar-refractivity contribution in [1.82, 2.24) is 10.2 Å². The molecule has 0 saturated heterocycles. The van der Waals surface area contributed by atoms with E-state index in [9.17, 15) is 14.4 Å². The van der Waals surface area contributed by atoms with Gasteiger partial charge in [-0.2, -0.15) is 12.6 Å². The van der Waals surface area contributed by atoms with Crippen molar-refractivity contribution in [2.24, 2.45) is 0 Å². The average molecular weight is 484 g/mol. The Morgan fingerprint density at radius 1 is 1.09 bits per heavy atom. The summed E-state index contributed by atoms with van der Waals surface area (Å²) >= 11 is 4.18. The van der Waals surface area contributed by atoms with E-state index < -0.39 is 35.6 Å². The lowest BCUT2D eigenvalue weighted by Gasteiger charge is -2.30. The van der Waals surface area contributed by atoms with Crippen LogP contribution in [0.25, 0.3) is 0 Å². The third kappa shape index (κ3) is 7.46. The van der Waals surface area contributed by atoms with Crippen LogP contribution in [-0.4, -0.2) is 47.3 Å². The highest BCUT2D eigenvalue weighted by atomic mass is 32.1. The quantitative estimate of drug-likeness (QED) is 0.303. The zero-order valence-electron chi connectivity index (χ0n) is 19.6. The molecule has 34 heavy (non-hydrogen) atoms. The molecule has 0 aromatic heterocycles. The highest BCUT2D eigenvalue weighted by Crippen LogP contribution is 2.24. The molecule has 3 amide bonds. The largest absolute Gasteiger partial charge is 0.497 e. The van der Waals surface area contributed by atoms with Gasteiger partial charge in [-0.3, -0.25) is 14.5 Å². The van der Waals surface area contributed by atoms with Crippen molar-refractivity contribution < 1.29 is 23.9 Å². The minimum Gasteiger partial charge on any atom is -0.497 e. The Kier molecular flexibility index (Phi) is 9.39. The van der Waals surface area contributed by atoms with Crippen LogP contribution in [0.4, 0.5) is 10.5 Å². The van der Waals surface area contributed by atoms with Gasteiger partial charge in [0.2, 0.25) is 0 Å². The highest BCUT2D eigenvalue weighted by Gasteiger charge is 2.35. The smallest absolute Gasteiger partial charge is 0.408 e. The molecular formula is C25H29N3O5S. The van der Waals surface area contributed by atoms with Crippen molar-refractivity contribution in [3.63, 3.8) is 0 Å². The first-order valence-electron chi connectivity index (χ1n) is 10.5. The molecule has 2 rings (SSSR count). The van der Waals surface area contributed by atoms with Crippen LogP contribution in [0.3, 0.4) is 0 Å². The fourth-order valence-corrected chi connectivity index (χ4v) is 3.25. The van der Waals surface area contributed by atoms with Gasteiger partial charge < -0.3 is 20.1 Å². The number of ether oxygens (including phenoxy) is 2. The Bertz CT molecular complexity index is 1030. The standard InChI is InChI=1S/C25H29N3O5S/c1-6-28(23(30)20(16-34)27-24(31)33-25(2,3)4)21(17-10-8-7-9-11-17)22(29)26-18-12-14-19(32-5)15-13-18/h1,7-15,20-21,34H,16H2,2-5H3,(H,26,29)(H,27,31). The van der Waals surface area contributed by atoms with E-state index in [-0.39, 0.29) is 5.75 Å². The number of hydrogen-bond donors (Lipinski definition) is 3. The molecule has 0 heterocycles. The summed E-state index contributed by atoms with van der Waals surface area (Å²) in [5.41, 5.74) is 0.231. The van der Waals surface area contributed by atoms with E-state index in [1.54, 1.807) is 82.5 Å². The summed E-state index contributed by atoms with van der Waals surface area (Å²) in [7, 11) is 1.54. The second-order valence-electron chi connectivity index (χ2n) is 8.25. The number of terminal acetylenes is 1. The monoisotopic (exact) mass is 483 g/mol. The summed E-state index contributed by atoms with van der Waals surface area (Å²) in [4.78, 5) is 39.8. The Morgan fingerprint density at radius 3 is 2.21 bits per heavy atom. The maximum atomic E-state index is 13.3. The molecule has 2 N–H and O–H groups in total. The third-order valence-electron chi connectivity index (χ3n) is 4.53. The fourth-order valence-electron chi connectivity index (χ4n) is 3.01. The van der Waals surface area contributed by atoms with Crippen LogP contribution in [0.2, 0.25) is 0 Å². The van der Waals surface area contributed by atoms with Crippen LogP contribution < -0.4 is 15.4 Å². The van der Waals surface area contributed by atoms with Gasteiger partial charge in [0.25, 0.3) is 11.8 Å². The number of benzene rings is 2. The predicted molar refractivity (Wildman–Crippen MR) is 133 cm³/mol. The summed E-state index contributed by atoms with van der Waals surface area (Å²) in [6, 6.07) is 15.4. The van der Waals surface area contributed by atoms with Crippen LogP contribution in [0.15, 0.2) is 54.6 Å². The molecule has 0 bridgehead atoms. The van der Waals surface area contributed by atoms with Gasteiger partial charge in [-0.05, 0) is 50.6 Å². The zero-order valence-corrected chi connectivity index (χ0v) is 20.5. The number of hydrogen-bond acceptors (Lipinski definition) is 6. The van der Waals surface area contributed by atoms with E-state index in [1.807, 2.05) is 0 Å². The van der Waals surface area contributed by atoms with E-state index in [0.29, 0.717) is 17.0 Å². The number of anilines is 1. The van der Waals surface area contributed by atoms with E-state index in [2.05, 4.69) is 29.3 Å². The van der Waals surface area contributed by atoms with Gasteiger partial charge in [0.15, 0.2) is 0 Å². The van der Waals surface area contributed by atoms with Crippen LogP contribution in [0.1, 0.15) is 32.4 Å². The summed E-state index contributed by atoms with van der Waals surface area (Å²) in [6.45, 7) is 5.10. The van der Waals surface area contributed by atoms with Crippen molar-refractivity contribution in [3.8, 4) is 18.2 Å². The molecule has 0 aliphatic carbocycles. The third-order valence-corrected chi connectivity index (χ3v) is 4.89. The highest BCUT2D eigenvalue weighted by molar-refractivity contribution is 7.80. The van der Waals surface area contributed by atoms with Gasteiger partial charge in [0, 0.05) is 17.5 Å². The summed E-state index contributed by atoms with van der Waals surface area (Å²) < 4.78 is 10.4. The lowest BCUT2D eigenvalue weighted by atomic mass is 10.0. The number of alkyl carbamates (subject to hydrolysis) is 1. The van der Waals surface area contributed by atoms with Gasteiger partial charge in [-0.15, -0.1) is 0 Å². The summed E-state index contributed by atoms with van der Waals surface area (Å²) in [5.74, 6) is -0.638. The first-order valence-corrected chi connectivity index (χ1v) is 11.1. The Balaban J connectivity index is 2.33. The molecule has 2 unspecified atom stereocenters. The van der Waals surface area contributed by atoms with E-state index in [4.69, 9.17) is 15.9 Å². The Hall–Kier alpha value is -3.64. The SMILES string of the molecule is C#CN(C(=O)C(CS)NC(=O)OC(C)(C)C)C(C(=O)Nc1ccc(OC)cc1)c1ccccc1. The zero-order chi connectivity index (χ0) is 25.3. The van der Waals surface area contributed by atoms with Crippen molar-refractivity contribution in [3.05, 3.63) is 60.2 Å². The maximum Gasteiger partial charge on any atom is 0.408 e. The van der Waals surface area contributed by atoms with Crippen molar-refractivity contribution in [2.75, 3.05) is 18.2 Å². The van der Waals surface area contributed by atoms with Crippen LogP contribution in [-0.2, 0) is 14.3 Å². The predicted octanol–water partition coefficient (Wildman–Crippen LogP) is 3.62. The minimum absolute atomic E-state index is 0.0577. The molecule has 0 radical (unpaired) electrons. The van der Waals surface area contributed by atoms with E-state index in [0.717, 1.165) is 4.90 Å². The van der Waals surface area contributed by atoms with Gasteiger partial charge in [0.1, 0.15) is 23.4 Å². The number of nitrogens with one attached hydrogen (secondary N) is 2. The summed E-state index contributed by atoms with van der Waals surface area (Å²) in [6.07, 6.45) is 4.90. The second kappa shape index (κ2) is 12.0. The maximum absolute atomic E-state index is 13.3. The van der Waals surface area contributed by atoms with Gasteiger partial charge in [-0.25, -0.2) is 4.79 Å². The van der Waals surface area contributed by atoms with Crippen LogP contribution >= 0.6 is 12.6 Å². The number of carbonyl (C=O) groups is 3. The van der Waals surface area contributed by atoms with Gasteiger partial charge in [0.05, 0.1) is 7.11 Å². The first kappa shape index (κ1) is 26.6. The molecular weight excluding hydrogens is 454 g/mol. The molecule has 2 aromatic carbocycles. The molecule has 2 aromatic rings. The average Bonchev–Trinajstić information content (AvgIpc) is 2.80. The Morgan fingerprint density at radius 2 is 1.71 bits per heavy atom. The Labute approximate surface area is 205 Å². The molecule has 0 spiro atoms. The van der Waals surface area contributed by atoms with Crippen molar-refractivity contribution in [1.29, 1.82) is 0 Å². The number of rotatable bonds is 8. The molecule has 8 nitrogen and oxygen atoms in total. The van der Waals surface area contributed by atoms with Crippen molar-refractivity contribution in [2.45, 2.75) is 38.5 Å². The number of nitrogens with zero attached hydrogens (tertiary/aromatic N) is 1. The summed E-state index contributed by atoms with van der Waals surface area (Å²) in [5, 5.41) is 5.25. The lowest BCUT2D eigenvalue weighted by molar-refractivity contribution is -0.136. The number of carbonyl (C=O) groups excluding carboxylic acids is 3. The first-order chi connectivity index (χ1) is 16.1. The fraction of sp³-hybridized carbons (Fsp3) is 0.320. The number of thiol groups is 1. The molecule has 180 valence electrons. The number of methoxy groups -OCH3 is 1. The van der Waals surface area contributed by atoms with Gasteiger partial charge >= 0.3 is 6.09 Å². The molecule has 9 heteroatoms. The van der Waals surface area contributed by atoms with Crippen LogP contribution in [0, 0.1) is 12.5 Å². The molecule has 0 saturated carbocycles. The van der Waals surface area contributed by atoms with Crippen LogP contribution in [0.5, 0.6) is 5.75 Å². The van der Waals surface area contributed by atoms with E-state index >= 15 is 0 Å². The second-order valence-corrected chi connectivity index (χ2v) is 8.61.